The second-order valence-electron chi connectivity index (χ2n) is 7.93. The Morgan fingerprint density at radius 1 is 1.03 bits per heavy atom. The number of ether oxygens (including phenoxy) is 1. The van der Waals surface area contributed by atoms with Crippen molar-refractivity contribution in [3.63, 3.8) is 0 Å². The number of carbonyl (C=O) groups excluding carboxylic acids is 1. The third-order valence-corrected chi connectivity index (χ3v) is 5.09. The number of nitrogens with zero attached hydrogens (tertiary/aromatic N) is 3. The zero-order valence-corrected chi connectivity index (χ0v) is 19.3. The minimum Gasteiger partial charge on any atom is -0.456 e. The molecule has 7 nitrogen and oxygen atoms in total. The van der Waals surface area contributed by atoms with Gasteiger partial charge >= 0.3 is 0 Å². The third-order valence-electron chi connectivity index (χ3n) is 4.79. The molecule has 4 rings (SSSR count). The number of amides is 1. The van der Waals surface area contributed by atoms with Gasteiger partial charge in [-0.05, 0) is 75.1 Å². The Kier molecular flexibility index (Phi) is 6.72. The lowest BCUT2D eigenvalue weighted by molar-refractivity contribution is -0.116. The zero-order chi connectivity index (χ0) is 23.4. The van der Waals surface area contributed by atoms with Crippen molar-refractivity contribution in [2.24, 2.45) is 0 Å². The number of aryl methyl sites for hydroxylation is 1. The predicted octanol–water partition coefficient (Wildman–Crippen LogP) is 5.63. The number of carbonyl (C=O) groups is 1. The van der Waals surface area contributed by atoms with Crippen LogP contribution in [0.2, 0.25) is 5.02 Å². The van der Waals surface area contributed by atoms with Crippen LogP contribution in [0.15, 0.2) is 67.0 Å². The van der Waals surface area contributed by atoms with Gasteiger partial charge in [0.2, 0.25) is 5.91 Å². The van der Waals surface area contributed by atoms with Crippen LogP contribution in [0.3, 0.4) is 0 Å². The van der Waals surface area contributed by atoms with Crippen LogP contribution in [0.4, 0.5) is 17.2 Å². The van der Waals surface area contributed by atoms with Crippen molar-refractivity contribution in [1.82, 2.24) is 14.9 Å². The monoisotopic (exact) mass is 461 g/mol. The molecule has 0 radical (unpaired) electrons. The molecule has 0 saturated heterocycles. The van der Waals surface area contributed by atoms with E-state index < -0.39 is 0 Å². The summed E-state index contributed by atoms with van der Waals surface area (Å²) in [4.78, 5) is 22.6. The molecule has 0 aliphatic rings. The summed E-state index contributed by atoms with van der Waals surface area (Å²) in [6.07, 6.45) is 1.49. The fraction of sp³-hybridized carbons (Fsp3) is 0.160. The predicted molar refractivity (Wildman–Crippen MR) is 133 cm³/mol. The van der Waals surface area contributed by atoms with Crippen molar-refractivity contribution in [2.75, 3.05) is 31.3 Å². The van der Waals surface area contributed by atoms with E-state index in [9.17, 15) is 4.79 Å². The van der Waals surface area contributed by atoms with Crippen LogP contribution in [0.25, 0.3) is 10.9 Å². The minimum absolute atomic E-state index is 0.0957. The van der Waals surface area contributed by atoms with Gasteiger partial charge in [0.25, 0.3) is 0 Å². The number of hydrogen-bond donors (Lipinski definition) is 2. The summed E-state index contributed by atoms with van der Waals surface area (Å²) in [7, 11) is 3.69. The summed E-state index contributed by atoms with van der Waals surface area (Å²) in [6, 6.07) is 18.8. The maximum absolute atomic E-state index is 12.1. The number of rotatable bonds is 7. The van der Waals surface area contributed by atoms with E-state index in [4.69, 9.17) is 16.3 Å². The summed E-state index contributed by atoms with van der Waals surface area (Å²) in [5.41, 5.74) is 3.28. The highest BCUT2D eigenvalue weighted by atomic mass is 35.5. The normalized spacial score (nSPS) is 10.9. The number of likely N-dealkylation sites (N-methyl/N-ethyl adjacent to an activating group) is 1. The first-order chi connectivity index (χ1) is 15.9. The highest BCUT2D eigenvalue weighted by Gasteiger charge is 2.10. The fourth-order valence-corrected chi connectivity index (χ4v) is 3.54. The molecule has 0 fully saturated rings. The third kappa shape index (κ3) is 5.77. The van der Waals surface area contributed by atoms with Gasteiger partial charge in [0.05, 0.1) is 17.1 Å². The molecule has 8 heteroatoms. The van der Waals surface area contributed by atoms with Crippen LogP contribution >= 0.6 is 11.6 Å². The molecule has 33 heavy (non-hydrogen) atoms. The lowest BCUT2D eigenvalue weighted by atomic mass is 10.2. The molecule has 0 saturated carbocycles. The molecule has 0 aliphatic heterocycles. The van der Waals surface area contributed by atoms with Crippen LogP contribution in [-0.2, 0) is 4.79 Å². The quantitative estimate of drug-likeness (QED) is 0.371. The molecule has 2 N–H and O–H groups in total. The van der Waals surface area contributed by atoms with Gasteiger partial charge in [-0.25, -0.2) is 9.97 Å². The number of fused-ring (bicyclic) bond motifs is 1. The van der Waals surface area contributed by atoms with Gasteiger partial charge in [0.1, 0.15) is 23.6 Å². The van der Waals surface area contributed by atoms with Crippen molar-refractivity contribution < 1.29 is 9.53 Å². The van der Waals surface area contributed by atoms with E-state index in [2.05, 4.69) is 20.6 Å². The van der Waals surface area contributed by atoms with E-state index in [1.54, 1.807) is 6.07 Å². The number of aromatic nitrogens is 2. The lowest BCUT2D eigenvalue weighted by Crippen LogP contribution is -2.27. The van der Waals surface area contributed by atoms with Crippen LogP contribution in [-0.4, -0.2) is 41.4 Å². The Bertz CT molecular complexity index is 1310. The number of halogens is 1. The second kappa shape index (κ2) is 9.85. The van der Waals surface area contributed by atoms with E-state index >= 15 is 0 Å². The molecule has 0 bridgehead atoms. The van der Waals surface area contributed by atoms with Crippen molar-refractivity contribution >= 4 is 45.6 Å². The SMILES string of the molecule is Cc1cccc(Oc2ccc(Nc3ncnc4ccc(NC(=O)CN(C)C)cc34)cc2Cl)c1. The van der Waals surface area contributed by atoms with E-state index in [0.717, 1.165) is 27.9 Å². The fourth-order valence-electron chi connectivity index (χ4n) is 3.33. The Morgan fingerprint density at radius 3 is 2.61 bits per heavy atom. The number of nitrogens with one attached hydrogen (secondary N) is 2. The van der Waals surface area contributed by atoms with Crippen molar-refractivity contribution in [1.29, 1.82) is 0 Å². The topological polar surface area (TPSA) is 79.4 Å². The Balaban J connectivity index is 1.56. The standard InChI is InChI=1S/C25H24ClN5O2/c1-16-5-4-6-19(11-16)33-23-10-8-18(13-21(23)26)30-25-20-12-17(29-24(32)14-31(2)3)7-9-22(20)27-15-28-25/h4-13,15H,14H2,1-3H3,(H,29,32)(H,27,28,30). The minimum atomic E-state index is -0.0957. The molecule has 3 aromatic carbocycles. The summed E-state index contributed by atoms with van der Waals surface area (Å²) in [5, 5.41) is 7.43. The maximum atomic E-state index is 12.1. The van der Waals surface area contributed by atoms with Crippen molar-refractivity contribution in [2.45, 2.75) is 6.92 Å². The van der Waals surface area contributed by atoms with Crippen LogP contribution in [0.1, 0.15) is 5.56 Å². The largest absolute Gasteiger partial charge is 0.456 e. The molecule has 168 valence electrons. The zero-order valence-electron chi connectivity index (χ0n) is 18.6. The maximum Gasteiger partial charge on any atom is 0.238 e. The lowest BCUT2D eigenvalue weighted by Gasteiger charge is -2.13. The number of benzene rings is 3. The highest BCUT2D eigenvalue weighted by molar-refractivity contribution is 6.32. The molecule has 0 aliphatic carbocycles. The van der Waals surface area contributed by atoms with Crippen LogP contribution in [0.5, 0.6) is 11.5 Å². The Labute approximate surface area is 197 Å². The average Bonchev–Trinajstić information content (AvgIpc) is 2.75. The van der Waals surface area contributed by atoms with Crippen LogP contribution < -0.4 is 15.4 Å². The molecule has 4 aromatic rings. The summed E-state index contributed by atoms with van der Waals surface area (Å²) >= 11 is 6.48. The number of hydrogen-bond acceptors (Lipinski definition) is 6. The first-order valence-electron chi connectivity index (χ1n) is 10.4. The molecule has 0 atom stereocenters. The number of anilines is 3. The summed E-state index contributed by atoms with van der Waals surface area (Å²) < 4.78 is 5.92. The molecule has 1 aromatic heterocycles. The van der Waals surface area contributed by atoms with Crippen molar-refractivity contribution in [3.8, 4) is 11.5 Å². The van der Waals surface area contributed by atoms with Gasteiger partial charge in [0.15, 0.2) is 0 Å². The highest BCUT2D eigenvalue weighted by Crippen LogP contribution is 2.33. The molecular formula is C25H24ClN5O2. The van der Waals surface area contributed by atoms with Gasteiger partial charge in [-0.3, -0.25) is 4.79 Å². The van der Waals surface area contributed by atoms with Gasteiger partial charge in [-0.15, -0.1) is 0 Å². The molecule has 0 unspecified atom stereocenters. The van der Waals surface area contributed by atoms with Gasteiger partial charge in [-0.2, -0.15) is 0 Å². The van der Waals surface area contributed by atoms with Gasteiger partial charge in [0, 0.05) is 16.8 Å². The molecule has 1 heterocycles. The van der Waals surface area contributed by atoms with Gasteiger partial charge in [-0.1, -0.05) is 23.7 Å². The second-order valence-corrected chi connectivity index (χ2v) is 8.34. The van der Waals surface area contributed by atoms with E-state index in [1.165, 1.54) is 6.33 Å². The smallest absolute Gasteiger partial charge is 0.238 e. The van der Waals surface area contributed by atoms with Crippen LogP contribution in [0, 0.1) is 6.92 Å². The first kappa shape index (κ1) is 22.5. The summed E-state index contributed by atoms with van der Waals surface area (Å²) in [6.45, 7) is 2.30. The Morgan fingerprint density at radius 2 is 1.85 bits per heavy atom. The molecule has 1 amide bonds. The van der Waals surface area contributed by atoms with E-state index in [-0.39, 0.29) is 5.91 Å². The molecular weight excluding hydrogens is 438 g/mol. The summed E-state index contributed by atoms with van der Waals surface area (Å²) in [5.74, 6) is 1.79. The van der Waals surface area contributed by atoms with E-state index in [1.807, 2.05) is 80.5 Å². The van der Waals surface area contributed by atoms with E-state index in [0.29, 0.717) is 28.8 Å². The van der Waals surface area contributed by atoms with Crippen molar-refractivity contribution in [3.05, 3.63) is 77.6 Å². The Hall–Kier alpha value is -3.68. The molecule has 0 spiro atoms. The first-order valence-corrected chi connectivity index (χ1v) is 10.8. The van der Waals surface area contributed by atoms with Gasteiger partial charge < -0.3 is 20.3 Å². The average molecular weight is 462 g/mol.